The van der Waals surface area contributed by atoms with Gasteiger partial charge in [0.05, 0.1) is 5.54 Å². The Balaban J connectivity index is 2.36. The van der Waals surface area contributed by atoms with E-state index in [1.54, 1.807) is 0 Å². The maximum atomic E-state index is 4.77. The second kappa shape index (κ2) is 4.69. The fourth-order valence-corrected chi connectivity index (χ4v) is 4.22. The summed E-state index contributed by atoms with van der Waals surface area (Å²) in [7, 11) is 0. The highest BCUT2D eigenvalue weighted by atomic mass is 32.1. The Morgan fingerprint density at radius 3 is 2.65 bits per heavy atom. The Kier molecular flexibility index (Phi) is 3.60. The molecule has 1 fully saturated rings. The first-order valence-electron chi connectivity index (χ1n) is 6.69. The van der Waals surface area contributed by atoms with Crippen LogP contribution in [0.3, 0.4) is 0 Å². The van der Waals surface area contributed by atoms with Crippen molar-refractivity contribution in [3.63, 3.8) is 0 Å². The van der Waals surface area contributed by atoms with E-state index in [0.717, 1.165) is 12.2 Å². The highest BCUT2D eigenvalue weighted by molar-refractivity contribution is 7.09. The molecule has 0 aromatic carbocycles. The molecular weight excluding hydrogens is 228 g/mol. The van der Waals surface area contributed by atoms with E-state index in [1.807, 2.05) is 11.3 Å². The third-order valence-electron chi connectivity index (χ3n) is 4.17. The molecule has 1 unspecified atom stereocenters. The second-order valence-corrected chi connectivity index (χ2v) is 6.72. The van der Waals surface area contributed by atoms with E-state index in [2.05, 4.69) is 38.4 Å². The van der Waals surface area contributed by atoms with Crippen molar-refractivity contribution in [1.29, 1.82) is 0 Å². The van der Waals surface area contributed by atoms with E-state index in [4.69, 9.17) is 4.98 Å². The lowest BCUT2D eigenvalue weighted by Crippen LogP contribution is -2.50. The number of aromatic nitrogens is 1. The molecule has 3 heteroatoms. The van der Waals surface area contributed by atoms with Crippen molar-refractivity contribution in [1.82, 2.24) is 10.3 Å². The van der Waals surface area contributed by atoms with Gasteiger partial charge in [0.1, 0.15) is 5.01 Å². The zero-order valence-electron chi connectivity index (χ0n) is 11.5. The minimum absolute atomic E-state index is 0.113. The largest absolute Gasteiger partial charge is 0.305 e. The molecular formula is C14H24N2S. The molecule has 1 aliphatic carbocycles. The molecule has 1 N–H and O–H groups in total. The summed E-state index contributed by atoms with van der Waals surface area (Å²) in [4.78, 5) is 4.77. The third kappa shape index (κ3) is 2.15. The van der Waals surface area contributed by atoms with Crippen molar-refractivity contribution >= 4 is 11.3 Å². The quantitative estimate of drug-likeness (QED) is 0.880. The predicted molar refractivity (Wildman–Crippen MR) is 74.5 cm³/mol. The lowest BCUT2D eigenvalue weighted by molar-refractivity contribution is 0.156. The van der Waals surface area contributed by atoms with Gasteiger partial charge in [0.25, 0.3) is 0 Å². The van der Waals surface area contributed by atoms with Crippen molar-refractivity contribution in [2.75, 3.05) is 6.54 Å². The SMILES string of the molecule is CCCNC1(c2nc(C)cs2)CCCC1(C)C. The third-order valence-corrected chi connectivity index (χ3v) is 5.29. The summed E-state index contributed by atoms with van der Waals surface area (Å²) in [6.45, 7) is 10.2. The molecule has 0 radical (unpaired) electrons. The number of hydrogen-bond donors (Lipinski definition) is 1. The first kappa shape index (κ1) is 13.0. The Labute approximate surface area is 109 Å². The van der Waals surface area contributed by atoms with Crippen LogP contribution in [0.4, 0.5) is 0 Å². The standard InChI is InChI=1S/C14H24N2S/c1-5-9-15-14(8-6-7-13(14,3)4)12-16-11(2)10-17-12/h10,15H,5-9H2,1-4H3. The molecule has 96 valence electrons. The zero-order chi connectivity index (χ0) is 12.5. The van der Waals surface area contributed by atoms with Gasteiger partial charge in [-0.1, -0.05) is 27.2 Å². The van der Waals surface area contributed by atoms with Crippen molar-refractivity contribution in [2.45, 2.75) is 58.9 Å². The highest BCUT2D eigenvalue weighted by Crippen LogP contribution is 2.52. The average molecular weight is 252 g/mol. The van der Waals surface area contributed by atoms with Gasteiger partial charge in [0.2, 0.25) is 0 Å². The number of thiazole rings is 1. The van der Waals surface area contributed by atoms with Crippen LogP contribution in [-0.2, 0) is 5.54 Å². The predicted octanol–water partition coefficient (Wildman–Crippen LogP) is 3.86. The van der Waals surface area contributed by atoms with Crippen LogP contribution < -0.4 is 5.32 Å². The van der Waals surface area contributed by atoms with Crippen LogP contribution >= 0.6 is 11.3 Å². The van der Waals surface area contributed by atoms with Crippen LogP contribution in [-0.4, -0.2) is 11.5 Å². The molecule has 1 atom stereocenters. The topological polar surface area (TPSA) is 24.9 Å². The number of hydrogen-bond acceptors (Lipinski definition) is 3. The molecule has 2 nitrogen and oxygen atoms in total. The zero-order valence-corrected chi connectivity index (χ0v) is 12.3. The second-order valence-electron chi connectivity index (χ2n) is 5.86. The summed E-state index contributed by atoms with van der Waals surface area (Å²) in [6, 6.07) is 0. The molecule has 1 heterocycles. The molecule has 2 rings (SSSR count). The van der Waals surface area contributed by atoms with Gasteiger partial charge in [-0.05, 0) is 38.1 Å². The Morgan fingerprint density at radius 2 is 2.18 bits per heavy atom. The summed E-state index contributed by atoms with van der Waals surface area (Å²) < 4.78 is 0. The lowest BCUT2D eigenvalue weighted by Gasteiger charge is -2.41. The molecule has 1 aromatic rings. The van der Waals surface area contributed by atoms with Crippen LogP contribution in [0, 0.1) is 12.3 Å². The van der Waals surface area contributed by atoms with Crippen LogP contribution in [0.15, 0.2) is 5.38 Å². The highest BCUT2D eigenvalue weighted by Gasteiger charge is 2.51. The van der Waals surface area contributed by atoms with Crippen LogP contribution in [0.25, 0.3) is 0 Å². The van der Waals surface area contributed by atoms with Gasteiger partial charge in [0, 0.05) is 11.1 Å². The molecule has 1 aromatic heterocycles. The van der Waals surface area contributed by atoms with Crippen molar-refractivity contribution < 1.29 is 0 Å². The minimum atomic E-state index is 0.113. The normalized spacial score (nSPS) is 27.5. The smallest absolute Gasteiger partial charge is 0.114 e. The van der Waals surface area contributed by atoms with Crippen LogP contribution in [0.1, 0.15) is 57.2 Å². The van der Waals surface area contributed by atoms with Gasteiger partial charge in [0.15, 0.2) is 0 Å². The van der Waals surface area contributed by atoms with Gasteiger partial charge in [-0.3, -0.25) is 0 Å². The van der Waals surface area contributed by atoms with E-state index in [9.17, 15) is 0 Å². The lowest BCUT2D eigenvalue weighted by atomic mass is 9.75. The first-order valence-corrected chi connectivity index (χ1v) is 7.57. The maximum absolute atomic E-state index is 4.77. The maximum Gasteiger partial charge on any atom is 0.114 e. The summed E-state index contributed by atoms with van der Waals surface area (Å²) >= 11 is 1.82. The Morgan fingerprint density at radius 1 is 1.41 bits per heavy atom. The summed E-state index contributed by atoms with van der Waals surface area (Å²) in [6.07, 6.45) is 5.01. The van der Waals surface area contributed by atoms with Gasteiger partial charge >= 0.3 is 0 Å². The summed E-state index contributed by atoms with van der Waals surface area (Å²) in [5.74, 6) is 0. The fourth-order valence-electron chi connectivity index (χ4n) is 3.04. The monoisotopic (exact) mass is 252 g/mol. The van der Waals surface area contributed by atoms with Crippen molar-refractivity contribution in [3.8, 4) is 0 Å². The van der Waals surface area contributed by atoms with Crippen LogP contribution in [0.5, 0.6) is 0 Å². The molecule has 1 saturated carbocycles. The molecule has 0 spiro atoms. The summed E-state index contributed by atoms with van der Waals surface area (Å²) in [5.41, 5.74) is 1.58. The first-order chi connectivity index (χ1) is 8.02. The number of nitrogens with one attached hydrogen (secondary N) is 1. The molecule has 0 saturated heterocycles. The molecule has 0 aliphatic heterocycles. The minimum Gasteiger partial charge on any atom is -0.305 e. The van der Waals surface area contributed by atoms with E-state index in [1.165, 1.54) is 30.7 Å². The van der Waals surface area contributed by atoms with E-state index in [0.29, 0.717) is 5.41 Å². The molecule has 0 amide bonds. The number of aryl methyl sites for hydroxylation is 1. The van der Waals surface area contributed by atoms with E-state index >= 15 is 0 Å². The molecule has 1 aliphatic rings. The van der Waals surface area contributed by atoms with Gasteiger partial charge in [-0.15, -0.1) is 11.3 Å². The summed E-state index contributed by atoms with van der Waals surface area (Å²) in [5, 5.41) is 7.29. The Hall–Kier alpha value is -0.410. The van der Waals surface area contributed by atoms with E-state index in [-0.39, 0.29) is 5.54 Å². The van der Waals surface area contributed by atoms with Crippen LogP contribution in [0.2, 0.25) is 0 Å². The average Bonchev–Trinajstić information content (AvgIpc) is 2.80. The fraction of sp³-hybridized carbons (Fsp3) is 0.786. The Bertz CT molecular complexity index is 383. The van der Waals surface area contributed by atoms with Gasteiger partial charge < -0.3 is 5.32 Å². The van der Waals surface area contributed by atoms with Crippen molar-refractivity contribution in [2.24, 2.45) is 5.41 Å². The van der Waals surface area contributed by atoms with Crippen molar-refractivity contribution in [3.05, 3.63) is 16.1 Å². The number of rotatable bonds is 4. The van der Waals surface area contributed by atoms with Gasteiger partial charge in [-0.25, -0.2) is 4.98 Å². The van der Waals surface area contributed by atoms with E-state index < -0.39 is 0 Å². The number of nitrogens with zero attached hydrogens (tertiary/aromatic N) is 1. The van der Waals surface area contributed by atoms with Gasteiger partial charge in [-0.2, -0.15) is 0 Å². The molecule has 0 bridgehead atoms. The molecule has 17 heavy (non-hydrogen) atoms.